The van der Waals surface area contributed by atoms with E-state index in [-0.39, 0.29) is 17.1 Å². The van der Waals surface area contributed by atoms with E-state index in [0.29, 0.717) is 24.5 Å². The van der Waals surface area contributed by atoms with Gasteiger partial charge in [-0.25, -0.2) is 9.07 Å². The quantitative estimate of drug-likeness (QED) is 0.906. The zero-order valence-electron chi connectivity index (χ0n) is 10.6. The summed E-state index contributed by atoms with van der Waals surface area (Å²) in [5, 5.41) is 3.99. The summed E-state index contributed by atoms with van der Waals surface area (Å²) in [6, 6.07) is 5.59. The van der Waals surface area contributed by atoms with Gasteiger partial charge in [-0.15, -0.1) is 0 Å². The van der Waals surface area contributed by atoms with Crippen molar-refractivity contribution in [3.63, 3.8) is 0 Å². The van der Waals surface area contributed by atoms with Gasteiger partial charge in [-0.3, -0.25) is 4.79 Å². The van der Waals surface area contributed by atoms with E-state index in [1.165, 1.54) is 29.1 Å². The minimum atomic E-state index is -0.499. The van der Waals surface area contributed by atoms with E-state index in [4.69, 9.17) is 22.1 Å². The molecule has 0 aliphatic rings. The Labute approximate surface area is 119 Å². The Bertz CT molecular complexity index is 660. The van der Waals surface area contributed by atoms with E-state index in [1.807, 2.05) is 0 Å². The summed E-state index contributed by atoms with van der Waals surface area (Å²) in [7, 11) is 0. The van der Waals surface area contributed by atoms with Crippen LogP contribution in [0, 0.1) is 5.82 Å². The van der Waals surface area contributed by atoms with Crippen LogP contribution in [0.25, 0.3) is 0 Å². The molecule has 1 heterocycles. The fourth-order valence-corrected chi connectivity index (χ4v) is 1.81. The summed E-state index contributed by atoms with van der Waals surface area (Å²) >= 11 is 5.69. The Morgan fingerprint density at radius 2 is 2.20 bits per heavy atom. The first-order valence-electron chi connectivity index (χ1n) is 5.94. The minimum absolute atomic E-state index is 0.0125. The molecule has 0 saturated carbocycles. The molecule has 2 aromatic rings. The summed E-state index contributed by atoms with van der Waals surface area (Å²) in [5.74, 6) is -0.130. The van der Waals surface area contributed by atoms with E-state index >= 15 is 0 Å². The van der Waals surface area contributed by atoms with Gasteiger partial charge in [-0.1, -0.05) is 17.7 Å². The maximum Gasteiger partial charge on any atom is 0.270 e. The van der Waals surface area contributed by atoms with Crippen molar-refractivity contribution in [2.45, 2.75) is 6.54 Å². The number of rotatable bonds is 5. The molecule has 0 bridgehead atoms. The molecule has 1 aromatic carbocycles. The number of aromatic nitrogens is 2. The number of hydrogen-bond acceptors (Lipinski definition) is 4. The van der Waals surface area contributed by atoms with Gasteiger partial charge in [0.2, 0.25) is 0 Å². The average Bonchev–Trinajstić information content (AvgIpc) is 2.43. The standard InChI is InChI=1S/C13H13ClFN3O2/c14-11-5-9(1-2-12(11)15)8-18-13(19)6-10(7-17-18)20-4-3-16/h1-2,5-7H,3-4,8,16H2. The van der Waals surface area contributed by atoms with Gasteiger partial charge in [0.05, 0.1) is 17.8 Å². The molecule has 2 rings (SSSR count). The molecule has 0 amide bonds. The van der Waals surface area contributed by atoms with E-state index in [2.05, 4.69) is 5.10 Å². The number of nitrogens with two attached hydrogens (primary N) is 1. The maximum atomic E-state index is 13.0. The van der Waals surface area contributed by atoms with E-state index in [9.17, 15) is 9.18 Å². The molecule has 0 saturated heterocycles. The molecule has 0 unspecified atom stereocenters. The van der Waals surface area contributed by atoms with Crippen molar-refractivity contribution in [1.82, 2.24) is 9.78 Å². The predicted molar refractivity (Wildman–Crippen MR) is 73.6 cm³/mol. The summed E-state index contributed by atoms with van der Waals surface area (Å²) < 4.78 is 19.5. The van der Waals surface area contributed by atoms with Crippen LogP contribution in [0.3, 0.4) is 0 Å². The van der Waals surface area contributed by atoms with Crippen LogP contribution < -0.4 is 16.0 Å². The average molecular weight is 298 g/mol. The minimum Gasteiger partial charge on any atom is -0.490 e. The Hall–Kier alpha value is -1.92. The van der Waals surface area contributed by atoms with Gasteiger partial charge in [-0.05, 0) is 17.7 Å². The predicted octanol–water partition coefficient (Wildman–Crippen LogP) is 1.42. The molecule has 0 radical (unpaired) electrons. The van der Waals surface area contributed by atoms with E-state index < -0.39 is 5.82 Å². The van der Waals surface area contributed by atoms with Crippen molar-refractivity contribution >= 4 is 11.6 Å². The van der Waals surface area contributed by atoms with E-state index in [0.717, 1.165) is 0 Å². The van der Waals surface area contributed by atoms with Crippen LogP contribution >= 0.6 is 11.6 Å². The molecule has 0 fully saturated rings. The fraction of sp³-hybridized carbons (Fsp3) is 0.231. The number of halogens is 2. The molecular weight excluding hydrogens is 285 g/mol. The first-order chi connectivity index (χ1) is 9.60. The van der Waals surface area contributed by atoms with Crippen LogP contribution in [0.15, 0.2) is 35.3 Å². The number of hydrogen-bond donors (Lipinski definition) is 1. The molecule has 0 atom stereocenters. The molecule has 2 N–H and O–H groups in total. The van der Waals surface area contributed by atoms with Crippen molar-refractivity contribution in [1.29, 1.82) is 0 Å². The molecular formula is C13H13ClFN3O2. The number of ether oxygens (including phenoxy) is 1. The fourth-order valence-electron chi connectivity index (χ4n) is 1.60. The van der Waals surface area contributed by atoms with Crippen LogP contribution in [0.5, 0.6) is 5.75 Å². The number of nitrogens with zero attached hydrogens (tertiary/aromatic N) is 2. The van der Waals surface area contributed by atoms with E-state index in [1.54, 1.807) is 6.07 Å². The largest absolute Gasteiger partial charge is 0.490 e. The third-order valence-electron chi connectivity index (χ3n) is 2.55. The van der Waals surface area contributed by atoms with Crippen LogP contribution in [0.1, 0.15) is 5.56 Å². The molecule has 5 nitrogen and oxygen atoms in total. The Balaban J connectivity index is 2.17. The third-order valence-corrected chi connectivity index (χ3v) is 2.84. The lowest BCUT2D eigenvalue weighted by atomic mass is 10.2. The lowest BCUT2D eigenvalue weighted by Gasteiger charge is -2.07. The summed E-state index contributed by atoms with van der Waals surface area (Å²) in [6.45, 7) is 0.881. The molecule has 0 aliphatic heterocycles. The highest BCUT2D eigenvalue weighted by molar-refractivity contribution is 6.30. The monoisotopic (exact) mass is 297 g/mol. The van der Waals surface area contributed by atoms with Crippen molar-refractivity contribution in [3.8, 4) is 5.75 Å². The van der Waals surface area contributed by atoms with Crippen LogP contribution in [-0.2, 0) is 6.54 Å². The molecule has 20 heavy (non-hydrogen) atoms. The second kappa shape index (κ2) is 6.49. The van der Waals surface area contributed by atoms with Gasteiger partial charge in [-0.2, -0.15) is 5.10 Å². The summed E-state index contributed by atoms with van der Waals surface area (Å²) in [4.78, 5) is 11.8. The second-order valence-corrected chi connectivity index (χ2v) is 4.48. The Kier molecular flexibility index (Phi) is 4.70. The first kappa shape index (κ1) is 14.5. The van der Waals surface area contributed by atoms with Crippen LogP contribution in [-0.4, -0.2) is 22.9 Å². The third kappa shape index (κ3) is 3.55. The highest BCUT2D eigenvalue weighted by atomic mass is 35.5. The van der Waals surface area contributed by atoms with Crippen LogP contribution in [0.2, 0.25) is 5.02 Å². The van der Waals surface area contributed by atoms with Gasteiger partial charge in [0, 0.05) is 12.6 Å². The second-order valence-electron chi connectivity index (χ2n) is 4.07. The van der Waals surface area contributed by atoms with Crippen molar-refractivity contribution < 1.29 is 9.13 Å². The molecule has 0 aliphatic carbocycles. The smallest absolute Gasteiger partial charge is 0.270 e. The number of benzene rings is 1. The first-order valence-corrected chi connectivity index (χ1v) is 6.32. The Morgan fingerprint density at radius 1 is 1.40 bits per heavy atom. The highest BCUT2D eigenvalue weighted by Gasteiger charge is 2.05. The van der Waals surface area contributed by atoms with Crippen molar-refractivity contribution in [3.05, 3.63) is 57.2 Å². The highest BCUT2D eigenvalue weighted by Crippen LogP contribution is 2.16. The SMILES string of the molecule is NCCOc1cnn(Cc2ccc(F)c(Cl)c2)c(=O)c1. The van der Waals surface area contributed by atoms with Crippen LogP contribution in [0.4, 0.5) is 4.39 Å². The lowest BCUT2D eigenvalue weighted by molar-refractivity contribution is 0.324. The summed E-state index contributed by atoms with van der Waals surface area (Å²) in [5.41, 5.74) is 5.66. The Morgan fingerprint density at radius 3 is 2.85 bits per heavy atom. The lowest BCUT2D eigenvalue weighted by Crippen LogP contribution is -2.23. The molecule has 1 aromatic heterocycles. The van der Waals surface area contributed by atoms with Gasteiger partial charge in [0.15, 0.2) is 0 Å². The molecule has 7 heteroatoms. The zero-order valence-corrected chi connectivity index (χ0v) is 11.3. The van der Waals surface area contributed by atoms with Gasteiger partial charge in [0.1, 0.15) is 18.2 Å². The molecule has 0 spiro atoms. The zero-order chi connectivity index (χ0) is 14.5. The molecule has 106 valence electrons. The van der Waals surface area contributed by atoms with Gasteiger partial charge >= 0.3 is 0 Å². The van der Waals surface area contributed by atoms with Crippen molar-refractivity contribution in [2.24, 2.45) is 5.73 Å². The topological polar surface area (TPSA) is 70.1 Å². The summed E-state index contributed by atoms with van der Waals surface area (Å²) in [6.07, 6.45) is 1.43. The van der Waals surface area contributed by atoms with Gasteiger partial charge < -0.3 is 10.5 Å². The van der Waals surface area contributed by atoms with Gasteiger partial charge in [0.25, 0.3) is 5.56 Å². The normalized spacial score (nSPS) is 10.6. The van der Waals surface area contributed by atoms with Crippen molar-refractivity contribution in [2.75, 3.05) is 13.2 Å². The maximum absolute atomic E-state index is 13.0.